The molecule has 1 aromatic rings. The first-order valence-corrected chi connectivity index (χ1v) is 6.64. The fourth-order valence-corrected chi connectivity index (χ4v) is 2.45. The largest absolute Gasteiger partial charge is 3.00 e. The SMILES string of the molecule is CC([N-]C(C)(C)C)c1ccccc1C1=CC=CC1.[Cl-].[Cl-].[Ti+3]. The van der Waals surface area contributed by atoms with E-state index in [1.54, 1.807) is 0 Å². The monoisotopic (exact) mass is 358 g/mol. The number of rotatable bonds is 3. The molecule has 0 saturated heterocycles. The molecule has 0 heterocycles. The van der Waals surface area contributed by atoms with Gasteiger partial charge in [0.05, 0.1) is 0 Å². The van der Waals surface area contributed by atoms with Crippen molar-refractivity contribution in [3.63, 3.8) is 0 Å². The molecule has 113 valence electrons. The van der Waals surface area contributed by atoms with E-state index in [4.69, 9.17) is 5.32 Å². The van der Waals surface area contributed by atoms with Gasteiger partial charge in [0.15, 0.2) is 0 Å². The number of hydrogen-bond acceptors (Lipinski definition) is 0. The average molecular weight is 359 g/mol. The van der Waals surface area contributed by atoms with Gasteiger partial charge in [-0.05, 0) is 17.6 Å². The van der Waals surface area contributed by atoms with E-state index < -0.39 is 0 Å². The fourth-order valence-electron chi connectivity index (χ4n) is 2.45. The Bertz CT molecular complexity index is 490. The molecule has 1 aromatic carbocycles. The molecule has 0 fully saturated rings. The molecule has 4 heteroatoms. The zero-order valence-electron chi connectivity index (χ0n) is 13.0. The molecule has 21 heavy (non-hydrogen) atoms. The van der Waals surface area contributed by atoms with Gasteiger partial charge in [-0.3, -0.25) is 0 Å². The van der Waals surface area contributed by atoms with Crippen molar-refractivity contribution in [3.05, 3.63) is 58.9 Å². The second-order valence-corrected chi connectivity index (χ2v) is 5.89. The molecule has 0 spiro atoms. The molecule has 0 aromatic heterocycles. The van der Waals surface area contributed by atoms with Gasteiger partial charge >= 0.3 is 21.7 Å². The summed E-state index contributed by atoms with van der Waals surface area (Å²) in [4.78, 5) is 0. The Labute approximate surface area is 156 Å². The van der Waals surface area contributed by atoms with Crippen molar-refractivity contribution in [1.29, 1.82) is 0 Å². The topological polar surface area (TPSA) is 14.1 Å². The maximum atomic E-state index is 4.86. The first-order chi connectivity index (χ1) is 8.47. The number of benzene rings is 1. The summed E-state index contributed by atoms with van der Waals surface area (Å²) in [6.45, 7) is 8.65. The quantitative estimate of drug-likeness (QED) is 0.632. The van der Waals surface area contributed by atoms with Crippen LogP contribution in [0.2, 0.25) is 0 Å². The van der Waals surface area contributed by atoms with E-state index >= 15 is 0 Å². The van der Waals surface area contributed by atoms with Crippen LogP contribution < -0.4 is 24.8 Å². The molecule has 1 nitrogen and oxygen atoms in total. The standard InChI is InChI=1S/C17H22N.2ClH.Ti/c1-13(18-17(2,3)4)15-11-7-8-12-16(15)14-9-5-6-10-14;;;/h5-9,11-13H,10H2,1-4H3;2*1H;/q-1;;;+3/p-2. The van der Waals surface area contributed by atoms with Crippen LogP contribution >= 0.6 is 0 Å². The zero-order valence-corrected chi connectivity index (χ0v) is 16.1. The van der Waals surface area contributed by atoms with Crippen molar-refractivity contribution in [2.45, 2.75) is 45.7 Å². The second kappa shape index (κ2) is 9.87. The molecule has 0 bridgehead atoms. The summed E-state index contributed by atoms with van der Waals surface area (Å²) < 4.78 is 0. The van der Waals surface area contributed by atoms with E-state index in [9.17, 15) is 0 Å². The van der Waals surface area contributed by atoms with Crippen LogP contribution in [0.25, 0.3) is 10.9 Å². The Morgan fingerprint density at radius 1 is 1.10 bits per heavy atom. The van der Waals surface area contributed by atoms with Crippen LogP contribution in [-0.2, 0) is 21.7 Å². The Balaban J connectivity index is 0. The van der Waals surface area contributed by atoms with E-state index in [-0.39, 0.29) is 58.1 Å². The van der Waals surface area contributed by atoms with Gasteiger partial charge in [-0.2, -0.15) is 0 Å². The summed E-state index contributed by atoms with van der Waals surface area (Å²) in [6.07, 6.45) is 7.59. The maximum absolute atomic E-state index is 4.86. The minimum atomic E-state index is 0. The van der Waals surface area contributed by atoms with Crippen molar-refractivity contribution in [3.8, 4) is 0 Å². The summed E-state index contributed by atoms with van der Waals surface area (Å²) in [5.41, 5.74) is 4.10. The average Bonchev–Trinajstić information content (AvgIpc) is 2.80. The van der Waals surface area contributed by atoms with Crippen molar-refractivity contribution in [2.24, 2.45) is 0 Å². The predicted octanol–water partition coefficient (Wildman–Crippen LogP) is -0.731. The van der Waals surface area contributed by atoms with Gasteiger partial charge in [0.1, 0.15) is 0 Å². The van der Waals surface area contributed by atoms with Crippen LogP contribution in [0.4, 0.5) is 0 Å². The van der Waals surface area contributed by atoms with Crippen LogP contribution in [0.15, 0.2) is 42.5 Å². The van der Waals surface area contributed by atoms with E-state index in [0.29, 0.717) is 0 Å². The van der Waals surface area contributed by atoms with Gasteiger partial charge in [0, 0.05) is 0 Å². The number of halogens is 2. The van der Waals surface area contributed by atoms with E-state index in [1.165, 1.54) is 16.7 Å². The van der Waals surface area contributed by atoms with Gasteiger partial charge in [0.2, 0.25) is 0 Å². The number of hydrogen-bond donors (Lipinski definition) is 0. The van der Waals surface area contributed by atoms with Crippen LogP contribution in [0.5, 0.6) is 0 Å². The van der Waals surface area contributed by atoms with Crippen molar-refractivity contribution in [2.75, 3.05) is 0 Å². The molecule has 1 atom stereocenters. The molecule has 0 saturated carbocycles. The van der Waals surface area contributed by atoms with Gasteiger partial charge in [-0.15, -0.1) is 11.6 Å². The van der Waals surface area contributed by atoms with Gasteiger partial charge < -0.3 is 30.1 Å². The fraction of sp³-hybridized carbons (Fsp3) is 0.412. The number of allylic oxidation sites excluding steroid dienone is 4. The number of nitrogens with zero attached hydrogens (tertiary/aromatic N) is 1. The zero-order chi connectivity index (χ0) is 13.2. The molecule has 1 radical (unpaired) electrons. The molecule has 0 aliphatic heterocycles. The molecular weight excluding hydrogens is 337 g/mol. The third kappa shape index (κ3) is 6.71. The predicted molar refractivity (Wildman–Crippen MR) is 79.7 cm³/mol. The van der Waals surface area contributed by atoms with E-state index in [0.717, 1.165) is 6.42 Å². The van der Waals surface area contributed by atoms with Gasteiger partial charge in [-0.1, -0.05) is 75.8 Å². The summed E-state index contributed by atoms with van der Waals surface area (Å²) in [5, 5.41) is 4.86. The Kier molecular flexibility index (Phi) is 10.9. The Morgan fingerprint density at radius 3 is 2.24 bits per heavy atom. The van der Waals surface area contributed by atoms with Crippen molar-refractivity contribution < 1.29 is 46.5 Å². The second-order valence-electron chi connectivity index (χ2n) is 5.89. The summed E-state index contributed by atoms with van der Waals surface area (Å²) in [7, 11) is 0. The smallest absolute Gasteiger partial charge is 1.00 e. The minimum absolute atomic E-state index is 0. The minimum Gasteiger partial charge on any atom is -1.00 e. The molecule has 1 unspecified atom stereocenters. The molecule has 0 N–H and O–H groups in total. The molecule has 1 aliphatic carbocycles. The van der Waals surface area contributed by atoms with Crippen LogP contribution in [0, 0.1) is 0 Å². The molecule has 0 amide bonds. The Hall–Kier alpha value is -0.0457. The first kappa shape index (κ1) is 23.2. The molecule has 2 rings (SSSR count). The first-order valence-electron chi connectivity index (χ1n) is 6.64. The summed E-state index contributed by atoms with van der Waals surface area (Å²) >= 11 is 0. The van der Waals surface area contributed by atoms with Gasteiger partial charge in [-0.25, -0.2) is 0 Å². The van der Waals surface area contributed by atoms with Crippen molar-refractivity contribution in [1.82, 2.24) is 0 Å². The summed E-state index contributed by atoms with van der Waals surface area (Å²) in [6, 6.07) is 8.87. The van der Waals surface area contributed by atoms with E-state index in [1.807, 2.05) is 0 Å². The third-order valence-electron chi connectivity index (χ3n) is 3.11. The molecular formula is C17H22Cl2NTi. The van der Waals surface area contributed by atoms with Crippen LogP contribution in [0.1, 0.15) is 51.3 Å². The van der Waals surface area contributed by atoms with Crippen LogP contribution in [0.3, 0.4) is 0 Å². The van der Waals surface area contributed by atoms with Gasteiger partial charge in [0.25, 0.3) is 0 Å². The van der Waals surface area contributed by atoms with Crippen molar-refractivity contribution >= 4 is 5.57 Å². The normalized spacial score (nSPS) is 14.4. The van der Waals surface area contributed by atoms with Crippen LogP contribution in [-0.4, -0.2) is 5.54 Å². The Morgan fingerprint density at radius 2 is 1.71 bits per heavy atom. The molecule has 1 aliphatic rings. The van der Waals surface area contributed by atoms with E-state index in [2.05, 4.69) is 70.2 Å². The third-order valence-corrected chi connectivity index (χ3v) is 3.11. The summed E-state index contributed by atoms with van der Waals surface area (Å²) in [5.74, 6) is 0. The maximum Gasteiger partial charge on any atom is 3.00 e.